The van der Waals surface area contributed by atoms with Crippen molar-refractivity contribution < 1.29 is 27.4 Å². The third kappa shape index (κ3) is 6.67. The number of nitrogens with one attached hydrogen (secondary N) is 2. The average Bonchev–Trinajstić information content (AvgIpc) is 3.29. The number of hydrogen-bond donors (Lipinski definition) is 3. The van der Waals surface area contributed by atoms with Gasteiger partial charge in [0.2, 0.25) is 21.8 Å². The van der Waals surface area contributed by atoms with Crippen LogP contribution >= 0.6 is 12.6 Å². The van der Waals surface area contributed by atoms with E-state index in [2.05, 4.69) is 22.9 Å². The van der Waals surface area contributed by atoms with E-state index in [1.165, 1.54) is 47.8 Å². The Balaban J connectivity index is 1.83. The monoisotopic (exact) mass is 494 g/mol. The second-order valence-electron chi connectivity index (χ2n) is 7.40. The summed E-state index contributed by atoms with van der Waals surface area (Å²) in [4.78, 5) is 16.8. The highest BCUT2D eigenvalue weighted by Crippen LogP contribution is 2.27. The zero-order valence-electron chi connectivity index (χ0n) is 18.3. The SMILES string of the molecule is COC[C@@H](C)Oc1cc(C(=O)NC(=N)S)cc(Oc2ccc(S(=O)(=O)N3CCCC3)cc2)n1. The maximum atomic E-state index is 12.7. The maximum Gasteiger partial charge on any atom is 0.257 e. The molecule has 1 saturated heterocycles. The zero-order valence-corrected chi connectivity index (χ0v) is 20.0. The number of carbonyl (C=O) groups is 1. The number of carbonyl (C=O) groups excluding carboxylic acids is 1. The fourth-order valence-electron chi connectivity index (χ4n) is 3.26. The van der Waals surface area contributed by atoms with E-state index in [0.29, 0.717) is 25.4 Å². The smallest absolute Gasteiger partial charge is 0.257 e. The minimum absolute atomic E-state index is 0.0584. The first-order valence-corrected chi connectivity index (χ1v) is 12.1. The van der Waals surface area contributed by atoms with Gasteiger partial charge in [-0.05, 0) is 44.0 Å². The molecule has 33 heavy (non-hydrogen) atoms. The second-order valence-corrected chi connectivity index (χ2v) is 9.79. The third-order valence-corrected chi connectivity index (χ3v) is 6.77. The van der Waals surface area contributed by atoms with Gasteiger partial charge in [0.05, 0.1) is 17.1 Å². The molecule has 0 bridgehead atoms. The fourth-order valence-corrected chi connectivity index (χ4v) is 4.88. The number of rotatable bonds is 9. The number of amides is 1. The molecule has 0 radical (unpaired) electrons. The molecule has 0 spiro atoms. The van der Waals surface area contributed by atoms with Crippen LogP contribution in [0.4, 0.5) is 0 Å². The third-order valence-electron chi connectivity index (χ3n) is 4.74. The van der Waals surface area contributed by atoms with Gasteiger partial charge >= 0.3 is 0 Å². The Morgan fingerprint density at radius 3 is 2.45 bits per heavy atom. The van der Waals surface area contributed by atoms with Gasteiger partial charge in [0, 0.05) is 32.3 Å². The average molecular weight is 495 g/mol. The van der Waals surface area contributed by atoms with Gasteiger partial charge < -0.3 is 19.5 Å². The molecule has 2 heterocycles. The first-order chi connectivity index (χ1) is 15.7. The van der Waals surface area contributed by atoms with Gasteiger partial charge in [-0.2, -0.15) is 9.29 Å². The molecule has 12 heteroatoms. The zero-order chi connectivity index (χ0) is 24.0. The molecule has 0 unspecified atom stereocenters. The van der Waals surface area contributed by atoms with Crippen molar-refractivity contribution in [2.45, 2.75) is 30.8 Å². The Kier molecular flexibility index (Phi) is 8.30. The number of methoxy groups -OCH3 is 1. The van der Waals surface area contributed by atoms with Gasteiger partial charge in [0.15, 0.2) is 5.17 Å². The van der Waals surface area contributed by atoms with Gasteiger partial charge in [0.1, 0.15) is 11.9 Å². The second kappa shape index (κ2) is 11.0. The van der Waals surface area contributed by atoms with Gasteiger partial charge in [-0.15, -0.1) is 12.6 Å². The molecule has 1 amide bonds. The molecule has 1 aromatic heterocycles. The van der Waals surface area contributed by atoms with Crippen molar-refractivity contribution >= 4 is 33.7 Å². The van der Waals surface area contributed by atoms with Crippen molar-refractivity contribution in [1.29, 1.82) is 5.41 Å². The normalized spacial score (nSPS) is 15.1. The summed E-state index contributed by atoms with van der Waals surface area (Å²) in [5.74, 6) is -0.0685. The Bertz CT molecular complexity index is 1100. The summed E-state index contributed by atoms with van der Waals surface area (Å²) < 4.78 is 43.4. The maximum absolute atomic E-state index is 12.7. The van der Waals surface area contributed by atoms with Crippen LogP contribution in [-0.4, -0.2) is 61.7 Å². The predicted octanol–water partition coefficient (Wildman–Crippen LogP) is 2.67. The summed E-state index contributed by atoms with van der Waals surface area (Å²) in [6, 6.07) is 8.79. The standard InChI is InChI=1S/C21H26N4O6S2/c1-14(13-29-2)30-18-11-15(20(26)24-21(22)32)12-19(23-18)31-16-5-7-17(8-6-16)33(27,28)25-9-3-4-10-25/h5-8,11-12,14H,3-4,9-10,13H2,1-2H3,(H3,22,24,26,32)/t14-/m1/s1. The summed E-state index contributed by atoms with van der Waals surface area (Å²) in [5.41, 5.74) is 0.145. The number of ether oxygens (including phenoxy) is 3. The lowest BCUT2D eigenvalue weighted by molar-refractivity contribution is 0.0880. The molecule has 1 aromatic carbocycles. The molecule has 3 rings (SSSR count). The highest BCUT2D eigenvalue weighted by molar-refractivity contribution is 7.96. The van der Waals surface area contributed by atoms with E-state index in [-0.39, 0.29) is 33.5 Å². The van der Waals surface area contributed by atoms with Gasteiger partial charge in [-0.25, -0.2) is 8.42 Å². The largest absolute Gasteiger partial charge is 0.472 e. The van der Waals surface area contributed by atoms with Crippen LogP contribution in [0.25, 0.3) is 0 Å². The van der Waals surface area contributed by atoms with Crippen molar-refractivity contribution in [2.75, 3.05) is 26.8 Å². The highest BCUT2D eigenvalue weighted by atomic mass is 32.2. The first-order valence-electron chi connectivity index (χ1n) is 10.2. The Morgan fingerprint density at radius 1 is 1.21 bits per heavy atom. The lowest BCUT2D eigenvalue weighted by atomic mass is 10.2. The summed E-state index contributed by atoms with van der Waals surface area (Å²) >= 11 is 3.77. The van der Waals surface area contributed by atoms with E-state index in [4.69, 9.17) is 19.6 Å². The Morgan fingerprint density at radius 2 is 1.85 bits per heavy atom. The Labute approximate surface area is 198 Å². The van der Waals surface area contributed by atoms with E-state index in [9.17, 15) is 13.2 Å². The number of thiol groups is 1. The molecule has 2 aromatic rings. The number of nitrogens with zero attached hydrogens (tertiary/aromatic N) is 2. The summed E-state index contributed by atoms with van der Waals surface area (Å²) in [6.07, 6.45) is 1.37. The highest BCUT2D eigenvalue weighted by Gasteiger charge is 2.27. The molecule has 1 atom stereocenters. The molecule has 1 aliphatic heterocycles. The van der Waals surface area contributed by atoms with E-state index >= 15 is 0 Å². The van der Waals surface area contributed by atoms with Crippen LogP contribution in [0.3, 0.4) is 0 Å². The summed E-state index contributed by atoms with van der Waals surface area (Å²) in [5, 5.41) is 9.31. The number of sulfonamides is 1. The number of amidine groups is 1. The number of pyridine rings is 1. The lowest BCUT2D eigenvalue weighted by Gasteiger charge is -2.16. The van der Waals surface area contributed by atoms with E-state index in [0.717, 1.165) is 12.8 Å². The molecular weight excluding hydrogens is 468 g/mol. The number of benzene rings is 1. The Hall–Kier alpha value is -2.67. The van der Waals surface area contributed by atoms with E-state index in [1.807, 2.05) is 0 Å². The predicted molar refractivity (Wildman–Crippen MR) is 125 cm³/mol. The van der Waals surface area contributed by atoms with Crippen molar-refractivity contribution in [1.82, 2.24) is 14.6 Å². The van der Waals surface area contributed by atoms with Crippen molar-refractivity contribution in [3.05, 3.63) is 42.0 Å². The topological polar surface area (TPSA) is 131 Å². The minimum atomic E-state index is -3.53. The van der Waals surface area contributed by atoms with Crippen molar-refractivity contribution in [3.8, 4) is 17.5 Å². The lowest BCUT2D eigenvalue weighted by Crippen LogP contribution is -2.27. The van der Waals surface area contributed by atoms with Gasteiger partial charge in [-0.1, -0.05) is 0 Å². The van der Waals surface area contributed by atoms with E-state index < -0.39 is 15.9 Å². The van der Waals surface area contributed by atoms with Crippen LogP contribution in [0.5, 0.6) is 17.5 Å². The molecular formula is C21H26N4O6S2. The molecule has 0 saturated carbocycles. The van der Waals surface area contributed by atoms with E-state index in [1.54, 1.807) is 6.92 Å². The molecule has 178 valence electrons. The first kappa shape index (κ1) is 25.0. The molecule has 2 N–H and O–H groups in total. The molecule has 0 aliphatic carbocycles. The quantitative estimate of drug-likeness (QED) is 0.277. The van der Waals surface area contributed by atoms with Crippen LogP contribution in [0.2, 0.25) is 0 Å². The van der Waals surface area contributed by atoms with Crippen molar-refractivity contribution in [2.24, 2.45) is 0 Å². The van der Waals surface area contributed by atoms with Crippen LogP contribution in [0, 0.1) is 5.41 Å². The van der Waals surface area contributed by atoms with Gasteiger partial charge in [0.25, 0.3) is 5.91 Å². The van der Waals surface area contributed by atoms with Crippen LogP contribution in [-0.2, 0) is 14.8 Å². The minimum Gasteiger partial charge on any atom is -0.472 e. The van der Waals surface area contributed by atoms with Crippen LogP contribution in [0.15, 0.2) is 41.3 Å². The van der Waals surface area contributed by atoms with Crippen LogP contribution in [0.1, 0.15) is 30.1 Å². The molecule has 10 nitrogen and oxygen atoms in total. The molecule has 1 aliphatic rings. The number of hydrogen-bond acceptors (Lipinski definition) is 8. The summed E-state index contributed by atoms with van der Waals surface area (Å²) in [7, 11) is -1.99. The number of aromatic nitrogens is 1. The summed E-state index contributed by atoms with van der Waals surface area (Å²) in [6.45, 7) is 3.13. The van der Waals surface area contributed by atoms with Crippen LogP contribution < -0.4 is 14.8 Å². The van der Waals surface area contributed by atoms with Crippen molar-refractivity contribution in [3.63, 3.8) is 0 Å². The fraction of sp³-hybridized carbons (Fsp3) is 0.381. The van der Waals surface area contributed by atoms with Gasteiger partial charge in [-0.3, -0.25) is 10.2 Å². The molecule has 1 fully saturated rings.